The van der Waals surface area contributed by atoms with E-state index in [1.807, 2.05) is 25.2 Å². The molecule has 8 nitrogen and oxygen atoms in total. The largest absolute Gasteiger partial charge is 0.385 e. The topological polar surface area (TPSA) is 93.1 Å². The predicted octanol–water partition coefficient (Wildman–Crippen LogP) is 2.48. The number of nitrogens with zero attached hydrogens (tertiary/aromatic N) is 4. The maximum Gasteiger partial charge on any atom is 0.227 e. The number of rotatable bonds is 9. The number of halogens is 1. The molecule has 0 unspecified atom stereocenters. The minimum atomic E-state index is -3.40. The molecule has 0 spiro atoms. The Labute approximate surface area is 169 Å². The van der Waals surface area contributed by atoms with Crippen molar-refractivity contribution in [2.75, 3.05) is 27.0 Å². The molecule has 152 valence electrons. The van der Waals surface area contributed by atoms with Crippen LogP contribution in [0.5, 0.6) is 0 Å². The van der Waals surface area contributed by atoms with Gasteiger partial charge in [-0.3, -0.25) is 4.90 Å². The molecule has 0 amide bonds. The Morgan fingerprint density at radius 3 is 2.82 bits per heavy atom. The van der Waals surface area contributed by atoms with E-state index in [1.165, 1.54) is 6.26 Å². The Morgan fingerprint density at radius 1 is 1.32 bits per heavy atom. The van der Waals surface area contributed by atoms with Gasteiger partial charge in [0, 0.05) is 38.1 Å². The average Bonchev–Trinajstić information content (AvgIpc) is 3.18. The van der Waals surface area contributed by atoms with Gasteiger partial charge >= 0.3 is 0 Å². The third-order valence-corrected chi connectivity index (χ3v) is 5.53. The summed E-state index contributed by atoms with van der Waals surface area (Å²) in [6.45, 7) is 2.19. The summed E-state index contributed by atoms with van der Waals surface area (Å²) in [7, 11) is 0.172. The fraction of sp³-hybridized carbons (Fsp3) is 0.444. The number of nitrogens with one attached hydrogen (secondary N) is 1. The average molecular weight is 426 g/mol. The van der Waals surface area contributed by atoms with E-state index in [-0.39, 0.29) is 5.16 Å². The SMILES string of the molecule is COCCCn1c(CN(C)Cc2nc3ccc(Cl)cc3[nH]2)cnc1S(C)(=O)=O. The summed E-state index contributed by atoms with van der Waals surface area (Å²) in [5, 5.41) is 0.745. The molecule has 0 fully saturated rings. The number of aromatic amines is 1. The van der Waals surface area contributed by atoms with Crippen molar-refractivity contribution in [3.05, 3.63) is 40.9 Å². The summed E-state index contributed by atoms with van der Waals surface area (Å²) in [4.78, 5) is 14.0. The number of imidazole rings is 2. The minimum Gasteiger partial charge on any atom is -0.385 e. The van der Waals surface area contributed by atoms with Gasteiger partial charge in [-0.05, 0) is 31.7 Å². The molecule has 0 saturated heterocycles. The van der Waals surface area contributed by atoms with Gasteiger partial charge in [-0.25, -0.2) is 18.4 Å². The highest BCUT2D eigenvalue weighted by atomic mass is 35.5. The zero-order valence-electron chi connectivity index (χ0n) is 16.1. The zero-order chi connectivity index (χ0) is 20.3. The normalized spacial score (nSPS) is 12.3. The molecular formula is C18H24ClN5O3S. The van der Waals surface area contributed by atoms with Crippen molar-refractivity contribution in [1.82, 2.24) is 24.4 Å². The molecule has 0 bridgehead atoms. The molecule has 2 heterocycles. The summed E-state index contributed by atoms with van der Waals surface area (Å²) in [6, 6.07) is 5.53. The fourth-order valence-electron chi connectivity index (χ4n) is 3.12. The first-order valence-corrected chi connectivity index (χ1v) is 11.1. The number of methoxy groups -OCH3 is 1. The van der Waals surface area contributed by atoms with Crippen LogP contribution in [0.15, 0.2) is 29.6 Å². The highest BCUT2D eigenvalue weighted by Crippen LogP contribution is 2.19. The van der Waals surface area contributed by atoms with E-state index in [2.05, 4.69) is 19.9 Å². The Bertz CT molecular complexity index is 1060. The number of H-pyrrole nitrogens is 1. The molecule has 0 aliphatic carbocycles. The molecule has 1 aromatic carbocycles. The number of fused-ring (bicyclic) bond motifs is 1. The molecule has 0 radical (unpaired) electrons. The standard InChI is InChI=1S/C18H24ClN5O3S/c1-23(12-17-21-15-6-5-13(19)9-16(15)22-17)11-14-10-20-18(28(3,25)26)24(14)7-4-8-27-2/h5-6,9-10H,4,7-8,11-12H2,1-3H3,(H,21,22). The van der Waals surface area contributed by atoms with Crippen LogP contribution in [-0.2, 0) is 34.2 Å². The van der Waals surface area contributed by atoms with Crippen molar-refractivity contribution in [2.45, 2.75) is 31.2 Å². The number of hydrogen-bond acceptors (Lipinski definition) is 6. The summed E-state index contributed by atoms with van der Waals surface area (Å²) < 4.78 is 30.9. The highest BCUT2D eigenvalue weighted by Gasteiger charge is 2.19. The smallest absolute Gasteiger partial charge is 0.227 e. The lowest BCUT2D eigenvalue weighted by Crippen LogP contribution is -2.21. The van der Waals surface area contributed by atoms with Crippen LogP contribution in [0, 0.1) is 0 Å². The van der Waals surface area contributed by atoms with Crippen molar-refractivity contribution in [3.63, 3.8) is 0 Å². The van der Waals surface area contributed by atoms with E-state index < -0.39 is 9.84 Å². The van der Waals surface area contributed by atoms with Gasteiger partial charge in [0.2, 0.25) is 15.0 Å². The lowest BCUT2D eigenvalue weighted by Gasteiger charge is -2.17. The quantitative estimate of drug-likeness (QED) is 0.529. The molecule has 0 atom stereocenters. The maximum atomic E-state index is 12.0. The molecular weight excluding hydrogens is 402 g/mol. The van der Waals surface area contributed by atoms with Crippen LogP contribution >= 0.6 is 11.6 Å². The summed E-state index contributed by atoms with van der Waals surface area (Å²) >= 11 is 6.02. The first-order valence-electron chi connectivity index (χ1n) is 8.84. The summed E-state index contributed by atoms with van der Waals surface area (Å²) in [5.41, 5.74) is 2.58. The van der Waals surface area contributed by atoms with Gasteiger partial charge in [-0.2, -0.15) is 0 Å². The maximum absolute atomic E-state index is 12.0. The number of sulfone groups is 1. The van der Waals surface area contributed by atoms with Crippen LogP contribution in [-0.4, -0.2) is 59.9 Å². The molecule has 0 aliphatic heterocycles. The van der Waals surface area contributed by atoms with Crippen molar-refractivity contribution >= 4 is 32.5 Å². The Balaban J connectivity index is 1.76. The van der Waals surface area contributed by atoms with Gasteiger partial charge in [0.15, 0.2) is 0 Å². The van der Waals surface area contributed by atoms with Crippen molar-refractivity contribution in [1.29, 1.82) is 0 Å². The Hall–Kier alpha value is -1.94. The van der Waals surface area contributed by atoms with E-state index in [0.717, 1.165) is 22.6 Å². The Kier molecular flexibility index (Phi) is 6.39. The first kappa shape index (κ1) is 20.8. The molecule has 3 rings (SSSR count). The minimum absolute atomic E-state index is 0.0883. The number of hydrogen-bond donors (Lipinski definition) is 1. The van der Waals surface area contributed by atoms with Gasteiger partial charge in [0.1, 0.15) is 5.82 Å². The van der Waals surface area contributed by atoms with E-state index in [4.69, 9.17) is 16.3 Å². The highest BCUT2D eigenvalue weighted by molar-refractivity contribution is 7.90. The van der Waals surface area contributed by atoms with Crippen LogP contribution in [0.25, 0.3) is 11.0 Å². The zero-order valence-corrected chi connectivity index (χ0v) is 17.7. The van der Waals surface area contributed by atoms with Crippen LogP contribution in [0.4, 0.5) is 0 Å². The molecule has 2 aromatic heterocycles. The van der Waals surface area contributed by atoms with Crippen LogP contribution in [0.3, 0.4) is 0 Å². The molecule has 28 heavy (non-hydrogen) atoms. The Morgan fingerprint density at radius 2 is 2.11 bits per heavy atom. The predicted molar refractivity (Wildman–Crippen MR) is 108 cm³/mol. The van der Waals surface area contributed by atoms with Crippen molar-refractivity contribution < 1.29 is 13.2 Å². The van der Waals surface area contributed by atoms with Crippen molar-refractivity contribution in [3.8, 4) is 0 Å². The molecule has 1 N–H and O–H groups in total. The van der Waals surface area contributed by atoms with Gasteiger partial charge in [0.25, 0.3) is 0 Å². The molecule has 10 heteroatoms. The molecule has 0 saturated carbocycles. The second kappa shape index (κ2) is 8.60. The monoisotopic (exact) mass is 425 g/mol. The lowest BCUT2D eigenvalue weighted by molar-refractivity contribution is 0.188. The van der Waals surface area contributed by atoms with Crippen LogP contribution in [0.1, 0.15) is 17.9 Å². The van der Waals surface area contributed by atoms with E-state index in [9.17, 15) is 8.42 Å². The molecule has 0 aliphatic rings. The number of benzene rings is 1. The van der Waals surface area contributed by atoms with E-state index in [0.29, 0.717) is 37.7 Å². The van der Waals surface area contributed by atoms with Gasteiger partial charge in [-0.1, -0.05) is 11.6 Å². The molecule has 3 aromatic rings. The van der Waals surface area contributed by atoms with E-state index in [1.54, 1.807) is 17.9 Å². The second-order valence-electron chi connectivity index (χ2n) is 6.82. The lowest BCUT2D eigenvalue weighted by atomic mass is 10.3. The van der Waals surface area contributed by atoms with Gasteiger partial charge in [0.05, 0.1) is 29.5 Å². The fourth-order valence-corrected chi connectivity index (χ4v) is 4.14. The third kappa shape index (κ3) is 4.91. The van der Waals surface area contributed by atoms with Crippen LogP contribution < -0.4 is 0 Å². The van der Waals surface area contributed by atoms with E-state index >= 15 is 0 Å². The number of aromatic nitrogens is 4. The van der Waals surface area contributed by atoms with Crippen LogP contribution in [0.2, 0.25) is 5.02 Å². The first-order chi connectivity index (χ1) is 13.3. The third-order valence-electron chi connectivity index (χ3n) is 4.31. The van der Waals surface area contributed by atoms with Crippen molar-refractivity contribution in [2.24, 2.45) is 0 Å². The second-order valence-corrected chi connectivity index (χ2v) is 9.17. The van der Waals surface area contributed by atoms with Gasteiger partial charge in [-0.15, -0.1) is 0 Å². The summed E-state index contributed by atoms with van der Waals surface area (Å²) in [6.07, 6.45) is 3.50. The number of ether oxygens (including phenoxy) is 1. The summed E-state index contributed by atoms with van der Waals surface area (Å²) in [5.74, 6) is 0.813. The van der Waals surface area contributed by atoms with Gasteiger partial charge < -0.3 is 14.3 Å².